The lowest BCUT2D eigenvalue weighted by atomic mass is 9.94. The van der Waals surface area contributed by atoms with Crippen molar-refractivity contribution >= 4 is 17.3 Å². The van der Waals surface area contributed by atoms with Crippen LogP contribution in [0.4, 0.5) is 0 Å². The van der Waals surface area contributed by atoms with Gasteiger partial charge in [-0.3, -0.25) is 4.79 Å². The van der Waals surface area contributed by atoms with E-state index in [0.29, 0.717) is 13.1 Å². The highest BCUT2D eigenvalue weighted by molar-refractivity contribution is 7.10. The van der Waals surface area contributed by atoms with Crippen molar-refractivity contribution in [2.45, 2.75) is 5.92 Å². The topological polar surface area (TPSA) is 58.6 Å². The molecule has 1 aliphatic rings. The van der Waals surface area contributed by atoms with Crippen LogP contribution in [0.1, 0.15) is 10.8 Å². The number of nitrogens with one attached hydrogen (secondary N) is 1. The average molecular weight is 227 g/mol. The molecule has 0 aliphatic carbocycles. The lowest BCUT2D eigenvalue weighted by Gasteiger charge is -2.14. The average Bonchev–Trinajstić information content (AvgIpc) is 2.85. The summed E-state index contributed by atoms with van der Waals surface area (Å²) >= 11 is 1.56. The molecule has 0 amide bonds. The van der Waals surface area contributed by atoms with Gasteiger partial charge in [0.15, 0.2) is 0 Å². The number of rotatable bonds is 3. The molecule has 82 valence electrons. The summed E-state index contributed by atoms with van der Waals surface area (Å²) in [5, 5.41) is 14.1. The van der Waals surface area contributed by atoms with Crippen LogP contribution in [0.3, 0.4) is 0 Å². The number of hydrogen-bond acceptors (Lipinski definition) is 4. The Labute approximate surface area is 91.9 Å². The SMILES string of the molecule is COc1ccsc1C1CNCC1C(=O)O. The first-order valence-electron chi connectivity index (χ1n) is 4.79. The zero-order valence-corrected chi connectivity index (χ0v) is 9.21. The van der Waals surface area contributed by atoms with Crippen LogP contribution in [0.15, 0.2) is 11.4 Å². The van der Waals surface area contributed by atoms with Crippen molar-refractivity contribution in [3.05, 3.63) is 16.3 Å². The number of methoxy groups -OCH3 is 1. The van der Waals surface area contributed by atoms with Gasteiger partial charge in [0.05, 0.1) is 17.9 Å². The second-order valence-electron chi connectivity index (χ2n) is 3.56. The molecule has 2 atom stereocenters. The Balaban J connectivity index is 2.26. The fourth-order valence-corrected chi connectivity index (χ4v) is 2.99. The van der Waals surface area contributed by atoms with E-state index in [0.717, 1.165) is 10.6 Å². The van der Waals surface area contributed by atoms with Gasteiger partial charge in [0.1, 0.15) is 5.75 Å². The summed E-state index contributed by atoms with van der Waals surface area (Å²) < 4.78 is 5.22. The Hall–Kier alpha value is -1.07. The highest BCUT2D eigenvalue weighted by Crippen LogP contribution is 2.38. The number of ether oxygens (including phenoxy) is 1. The van der Waals surface area contributed by atoms with E-state index in [-0.39, 0.29) is 11.8 Å². The molecule has 2 rings (SSSR count). The Morgan fingerprint density at radius 2 is 2.47 bits per heavy atom. The maximum absolute atomic E-state index is 11.0. The van der Waals surface area contributed by atoms with Gasteiger partial charge in [-0.15, -0.1) is 11.3 Å². The van der Waals surface area contributed by atoms with E-state index < -0.39 is 5.97 Å². The molecule has 0 spiro atoms. The number of carboxylic acid groups (broad SMARTS) is 1. The largest absolute Gasteiger partial charge is 0.496 e. The van der Waals surface area contributed by atoms with Crippen LogP contribution in [-0.4, -0.2) is 31.3 Å². The molecule has 1 aliphatic heterocycles. The molecule has 4 nitrogen and oxygen atoms in total. The van der Waals surface area contributed by atoms with Crippen LogP contribution in [0.5, 0.6) is 5.75 Å². The van der Waals surface area contributed by atoms with Crippen molar-refractivity contribution in [3.8, 4) is 5.75 Å². The molecule has 0 bridgehead atoms. The van der Waals surface area contributed by atoms with E-state index in [4.69, 9.17) is 9.84 Å². The monoisotopic (exact) mass is 227 g/mol. The van der Waals surface area contributed by atoms with Crippen molar-refractivity contribution in [3.63, 3.8) is 0 Å². The van der Waals surface area contributed by atoms with E-state index in [9.17, 15) is 4.79 Å². The zero-order chi connectivity index (χ0) is 10.8. The zero-order valence-electron chi connectivity index (χ0n) is 8.40. The molecule has 1 aromatic rings. The molecule has 1 fully saturated rings. The molecule has 15 heavy (non-hydrogen) atoms. The van der Waals surface area contributed by atoms with Crippen LogP contribution in [-0.2, 0) is 4.79 Å². The number of carboxylic acids is 1. The van der Waals surface area contributed by atoms with Crippen LogP contribution in [0, 0.1) is 5.92 Å². The minimum atomic E-state index is -0.736. The minimum Gasteiger partial charge on any atom is -0.496 e. The van der Waals surface area contributed by atoms with Crippen molar-refractivity contribution in [1.82, 2.24) is 5.32 Å². The molecule has 2 heterocycles. The van der Waals surface area contributed by atoms with E-state index in [1.54, 1.807) is 18.4 Å². The summed E-state index contributed by atoms with van der Waals surface area (Å²) in [6.07, 6.45) is 0. The van der Waals surface area contributed by atoms with Gasteiger partial charge in [0, 0.05) is 19.0 Å². The Morgan fingerprint density at radius 3 is 3.13 bits per heavy atom. The predicted molar refractivity (Wildman–Crippen MR) is 57.6 cm³/mol. The summed E-state index contributed by atoms with van der Waals surface area (Å²) in [7, 11) is 1.61. The Kier molecular flexibility index (Phi) is 2.93. The third-order valence-electron chi connectivity index (χ3n) is 2.75. The summed E-state index contributed by atoms with van der Waals surface area (Å²) in [5.74, 6) is -0.226. The second-order valence-corrected chi connectivity index (χ2v) is 4.51. The van der Waals surface area contributed by atoms with Crippen molar-refractivity contribution in [1.29, 1.82) is 0 Å². The lowest BCUT2D eigenvalue weighted by Crippen LogP contribution is -2.20. The molecule has 0 saturated carbocycles. The number of thiophene rings is 1. The second kappa shape index (κ2) is 4.20. The molecule has 2 N–H and O–H groups in total. The lowest BCUT2D eigenvalue weighted by molar-refractivity contribution is -0.141. The van der Waals surface area contributed by atoms with E-state index >= 15 is 0 Å². The molecule has 0 aromatic carbocycles. The summed E-state index contributed by atoms with van der Waals surface area (Å²) in [4.78, 5) is 12.1. The standard InChI is InChI=1S/C10H13NO3S/c1-14-8-2-3-15-9(8)6-4-11-5-7(6)10(12)13/h2-3,6-7,11H,4-5H2,1H3,(H,12,13). The summed E-state index contributed by atoms with van der Waals surface area (Å²) in [5.41, 5.74) is 0. The summed E-state index contributed by atoms with van der Waals surface area (Å²) in [6, 6.07) is 1.89. The molecule has 1 saturated heterocycles. The Bertz CT molecular complexity index is 363. The van der Waals surface area contributed by atoms with Gasteiger partial charge in [0.25, 0.3) is 0 Å². The fourth-order valence-electron chi connectivity index (χ4n) is 1.96. The fraction of sp³-hybridized carbons (Fsp3) is 0.500. The number of carbonyl (C=O) groups is 1. The first-order valence-corrected chi connectivity index (χ1v) is 5.67. The van der Waals surface area contributed by atoms with Gasteiger partial charge in [-0.25, -0.2) is 0 Å². The van der Waals surface area contributed by atoms with Crippen LogP contribution < -0.4 is 10.1 Å². The normalized spacial score (nSPS) is 25.4. The van der Waals surface area contributed by atoms with Crippen molar-refractivity contribution in [2.75, 3.05) is 20.2 Å². The van der Waals surface area contributed by atoms with Gasteiger partial charge in [-0.2, -0.15) is 0 Å². The van der Waals surface area contributed by atoms with E-state index in [1.807, 2.05) is 11.4 Å². The molecule has 2 unspecified atom stereocenters. The molecule has 1 aromatic heterocycles. The predicted octanol–water partition coefficient (Wildman–Crippen LogP) is 1.14. The Morgan fingerprint density at radius 1 is 1.67 bits per heavy atom. The third kappa shape index (κ3) is 1.85. The maximum atomic E-state index is 11.0. The van der Waals surface area contributed by atoms with Gasteiger partial charge in [-0.05, 0) is 11.4 Å². The van der Waals surface area contributed by atoms with Crippen molar-refractivity contribution < 1.29 is 14.6 Å². The molecule has 0 radical (unpaired) electrons. The van der Waals surface area contributed by atoms with Gasteiger partial charge in [0.2, 0.25) is 0 Å². The van der Waals surface area contributed by atoms with Crippen LogP contribution in [0.2, 0.25) is 0 Å². The van der Waals surface area contributed by atoms with Crippen LogP contribution >= 0.6 is 11.3 Å². The number of hydrogen-bond donors (Lipinski definition) is 2. The first kappa shape index (κ1) is 10.4. The van der Waals surface area contributed by atoms with Gasteiger partial charge in [-0.1, -0.05) is 0 Å². The van der Waals surface area contributed by atoms with E-state index in [1.165, 1.54) is 0 Å². The smallest absolute Gasteiger partial charge is 0.308 e. The summed E-state index contributed by atoms with van der Waals surface area (Å²) in [6.45, 7) is 1.26. The number of aliphatic carboxylic acids is 1. The highest BCUT2D eigenvalue weighted by Gasteiger charge is 2.36. The first-order chi connectivity index (χ1) is 7.24. The highest BCUT2D eigenvalue weighted by atomic mass is 32.1. The third-order valence-corrected chi connectivity index (χ3v) is 3.78. The quantitative estimate of drug-likeness (QED) is 0.813. The van der Waals surface area contributed by atoms with Crippen LogP contribution in [0.25, 0.3) is 0 Å². The molecule has 5 heteroatoms. The molecular weight excluding hydrogens is 214 g/mol. The molecular formula is C10H13NO3S. The van der Waals surface area contributed by atoms with Crippen molar-refractivity contribution in [2.24, 2.45) is 5.92 Å². The van der Waals surface area contributed by atoms with Gasteiger partial charge < -0.3 is 15.2 Å². The van der Waals surface area contributed by atoms with Gasteiger partial charge >= 0.3 is 5.97 Å². The minimum absolute atomic E-state index is 0.0393. The van der Waals surface area contributed by atoms with E-state index in [2.05, 4.69) is 5.32 Å². The maximum Gasteiger partial charge on any atom is 0.308 e.